The SMILES string of the molecule is CCC1C(n2c3ccccc3c3c4c5c6ccccc6ccc5n5c6ccccc6c(cc32)c45)=Nc2c(sc3ccccc23)C1n1c2ccccc2c2ccccc21. The second-order valence-corrected chi connectivity index (χ2v) is 17.2. The van der Waals surface area contributed by atoms with E-state index in [9.17, 15) is 0 Å². The molecule has 1 aliphatic heterocycles. The topological polar surface area (TPSA) is 26.6 Å². The lowest BCUT2D eigenvalue weighted by Crippen LogP contribution is -2.33. The van der Waals surface area contributed by atoms with Gasteiger partial charge in [0, 0.05) is 70.1 Å². The summed E-state index contributed by atoms with van der Waals surface area (Å²) in [6, 6.07) is 60.9. The Morgan fingerprint density at radius 2 is 1.09 bits per heavy atom. The van der Waals surface area contributed by atoms with Crippen molar-refractivity contribution in [3.63, 3.8) is 0 Å². The summed E-state index contributed by atoms with van der Waals surface area (Å²) in [4.78, 5) is 7.25. The van der Waals surface area contributed by atoms with Crippen LogP contribution in [0.4, 0.5) is 5.69 Å². The first-order chi connectivity index (χ1) is 28.8. The third-order valence-corrected chi connectivity index (χ3v) is 14.6. The number of aliphatic imine (C=N–C) groups is 1. The van der Waals surface area contributed by atoms with Crippen molar-refractivity contribution >= 4 is 125 Å². The Bertz CT molecular complexity index is 3870. The molecule has 0 bridgehead atoms. The van der Waals surface area contributed by atoms with E-state index in [1.54, 1.807) is 0 Å². The third kappa shape index (κ3) is 3.74. The smallest absolute Gasteiger partial charge is 0.120 e. The molecule has 5 aromatic heterocycles. The number of benzene rings is 8. The van der Waals surface area contributed by atoms with Gasteiger partial charge in [0.15, 0.2) is 0 Å². The Kier molecular flexibility index (Phi) is 5.98. The number of hydrogen-bond acceptors (Lipinski definition) is 2. The average molecular weight is 759 g/mol. The Morgan fingerprint density at radius 3 is 1.83 bits per heavy atom. The van der Waals surface area contributed by atoms with Crippen molar-refractivity contribution < 1.29 is 0 Å². The maximum atomic E-state index is 5.91. The molecule has 272 valence electrons. The molecule has 0 saturated carbocycles. The standard InChI is InChI=1S/C53H34N4S/c1-2-31-51(55-39-22-10-5-17-33(39)34-18-6-11-23-40(34)55)52-49(37-21-9-14-26-45(37)58-52)54-53(31)57-42-25-13-8-20-36(42)47-44(57)29-38-35-19-7-12-24-41(35)56-43-28-27-30-15-3-4-16-32(30)46(43)48(47)50(38)56/h3-29,31,51H,2H2,1H3. The summed E-state index contributed by atoms with van der Waals surface area (Å²) in [5.41, 5.74) is 9.87. The van der Waals surface area contributed by atoms with E-state index in [4.69, 9.17) is 4.99 Å². The Morgan fingerprint density at radius 1 is 0.500 bits per heavy atom. The zero-order chi connectivity index (χ0) is 37.8. The maximum Gasteiger partial charge on any atom is 0.120 e. The van der Waals surface area contributed by atoms with E-state index in [-0.39, 0.29) is 12.0 Å². The van der Waals surface area contributed by atoms with Crippen LogP contribution in [0.5, 0.6) is 0 Å². The molecule has 0 fully saturated rings. The minimum Gasteiger partial charge on any atom is -0.331 e. The molecule has 0 radical (unpaired) electrons. The molecule has 8 aromatic carbocycles. The lowest BCUT2D eigenvalue weighted by molar-refractivity contribution is 0.473. The molecular formula is C53H34N4S. The number of hydrogen-bond donors (Lipinski definition) is 0. The second-order valence-electron chi connectivity index (χ2n) is 16.1. The molecule has 0 saturated heterocycles. The highest BCUT2D eigenvalue weighted by Gasteiger charge is 2.39. The van der Waals surface area contributed by atoms with Crippen molar-refractivity contribution in [2.45, 2.75) is 19.4 Å². The van der Waals surface area contributed by atoms with E-state index in [1.807, 2.05) is 11.3 Å². The molecule has 5 heteroatoms. The first kappa shape index (κ1) is 31.2. The fourth-order valence-corrected chi connectivity index (χ4v) is 12.4. The molecule has 2 atom stereocenters. The van der Waals surface area contributed by atoms with Gasteiger partial charge in [0.05, 0.1) is 44.2 Å². The second kappa shape index (κ2) is 11.1. The van der Waals surface area contributed by atoms with Crippen LogP contribution in [-0.4, -0.2) is 19.4 Å². The first-order valence-corrected chi connectivity index (χ1v) is 21.2. The van der Waals surface area contributed by atoms with Crippen LogP contribution in [0.2, 0.25) is 0 Å². The van der Waals surface area contributed by atoms with Crippen molar-refractivity contribution in [3.05, 3.63) is 169 Å². The van der Waals surface area contributed by atoms with Crippen molar-refractivity contribution in [3.8, 4) is 0 Å². The number of thiophene rings is 1. The summed E-state index contributed by atoms with van der Waals surface area (Å²) in [6.45, 7) is 2.36. The molecule has 6 heterocycles. The zero-order valence-electron chi connectivity index (χ0n) is 31.6. The van der Waals surface area contributed by atoms with Gasteiger partial charge in [-0.15, -0.1) is 11.3 Å². The molecule has 1 aliphatic rings. The largest absolute Gasteiger partial charge is 0.331 e. The van der Waals surface area contributed by atoms with Crippen molar-refractivity contribution in [2.24, 2.45) is 10.9 Å². The quantitative estimate of drug-likeness (QED) is 0.168. The van der Waals surface area contributed by atoms with E-state index in [2.05, 4.69) is 184 Å². The van der Waals surface area contributed by atoms with Gasteiger partial charge in [-0.3, -0.25) is 4.57 Å². The van der Waals surface area contributed by atoms with Crippen LogP contribution in [0.15, 0.2) is 169 Å². The highest BCUT2D eigenvalue weighted by atomic mass is 32.1. The van der Waals surface area contributed by atoms with Gasteiger partial charge in [0.2, 0.25) is 0 Å². The van der Waals surface area contributed by atoms with Crippen LogP contribution >= 0.6 is 11.3 Å². The molecule has 4 nitrogen and oxygen atoms in total. The fraction of sp³-hybridized carbons (Fsp3) is 0.0755. The van der Waals surface area contributed by atoms with Gasteiger partial charge in [-0.1, -0.05) is 128 Å². The van der Waals surface area contributed by atoms with E-state index < -0.39 is 0 Å². The Hall–Kier alpha value is -6.95. The minimum atomic E-state index is 0.0383. The van der Waals surface area contributed by atoms with Crippen LogP contribution < -0.4 is 0 Å². The lowest BCUT2D eigenvalue weighted by atomic mass is 9.89. The summed E-state index contributed by atoms with van der Waals surface area (Å²) < 4.78 is 9.04. The number of fused-ring (bicyclic) bond motifs is 18. The van der Waals surface area contributed by atoms with Gasteiger partial charge >= 0.3 is 0 Å². The van der Waals surface area contributed by atoms with Crippen LogP contribution in [0.1, 0.15) is 24.3 Å². The average Bonchev–Trinajstić information content (AvgIpc) is 4.07. The molecule has 13 aromatic rings. The highest BCUT2D eigenvalue weighted by molar-refractivity contribution is 7.19. The number of nitrogens with zero attached hydrogens (tertiary/aromatic N) is 4. The van der Waals surface area contributed by atoms with Gasteiger partial charge in [0.25, 0.3) is 0 Å². The molecule has 2 unspecified atom stereocenters. The van der Waals surface area contributed by atoms with Crippen molar-refractivity contribution in [1.82, 2.24) is 13.5 Å². The summed E-state index contributed by atoms with van der Waals surface area (Å²) >= 11 is 1.92. The summed E-state index contributed by atoms with van der Waals surface area (Å²) in [7, 11) is 0. The van der Waals surface area contributed by atoms with Gasteiger partial charge < -0.3 is 8.97 Å². The fourth-order valence-electron chi connectivity index (χ4n) is 11.1. The molecule has 0 amide bonds. The highest BCUT2D eigenvalue weighted by Crippen LogP contribution is 2.53. The third-order valence-electron chi connectivity index (χ3n) is 13.4. The number of rotatable bonds is 2. The first-order valence-electron chi connectivity index (χ1n) is 20.4. The van der Waals surface area contributed by atoms with Gasteiger partial charge in [0.1, 0.15) is 5.84 Å². The summed E-state index contributed by atoms with van der Waals surface area (Å²) in [5.74, 6) is 1.19. The van der Waals surface area contributed by atoms with Crippen molar-refractivity contribution in [2.75, 3.05) is 0 Å². The van der Waals surface area contributed by atoms with Gasteiger partial charge in [-0.05, 0) is 59.7 Å². The normalized spacial score (nSPS) is 16.2. The summed E-state index contributed by atoms with van der Waals surface area (Å²) in [5, 5.41) is 14.2. The Balaban J connectivity index is 1.18. The van der Waals surface area contributed by atoms with Crippen LogP contribution in [0.3, 0.4) is 0 Å². The van der Waals surface area contributed by atoms with Crippen LogP contribution in [-0.2, 0) is 0 Å². The van der Waals surface area contributed by atoms with E-state index in [0.717, 1.165) is 17.9 Å². The van der Waals surface area contributed by atoms with Crippen molar-refractivity contribution in [1.29, 1.82) is 0 Å². The number of aromatic nitrogens is 3. The molecule has 0 aliphatic carbocycles. The van der Waals surface area contributed by atoms with Gasteiger partial charge in [-0.25, -0.2) is 4.99 Å². The monoisotopic (exact) mass is 758 g/mol. The van der Waals surface area contributed by atoms with Crippen LogP contribution in [0, 0.1) is 5.92 Å². The molecule has 58 heavy (non-hydrogen) atoms. The van der Waals surface area contributed by atoms with E-state index in [1.165, 1.54) is 107 Å². The zero-order valence-corrected chi connectivity index (χ0v) is 32.5. The van der Waals surface area contributed by atoms with Gasteiger partial charge in [-0.2, -0.15) is 0 Å². The number of para-hydroxylation sites is 4. The minimum absolute atomic E-state index is 0.0383. The van der Waals surface area contributed by atoms with E-state index in [0.29, 0.717) is 0 Å². The molecular weight excluding hydrogens is 725 g/mol. The summed E-state index contributed by atoms with van der Waals surface area (Å²) in [6.07, 6.45) is 0.925. The van der Waals surface area contributed by atoms with Crippen LogP contribution in [0.25, 0.3) is 103 Å². The Labute approximate surface area is 336 Å². The molecule has 0 spiro atoms. The lowest BCUT2D eigenvalue weighted by Gasteiger charge is -2.34. The predicted octanol–water partition coefficient (Wildman–Crippen LogP) is 14.6. The predicted molar refractivity (Wildman–Crippen MR) is 247 cm³/mol. The maximum absolute atomic E-state index is 5.91. The molecule has 0 N–H and O–H groups in total. The van der Waals surface area contributed by atoms with E-state index >= 15 is 0 Å². The molecule has 14 rings (SSSR count).